The number of unbranched alkanes of at least 4 members (excludes halogenated alkanes) is 1. The minimum absolute atomic E-state index is 0.00920. The van der Waals surface area contributed by atoms with E-state index in [0.717, 1.165) is 31.8 Å². The van der Waals surface area contributed by atoms with Crippen molar-refractivity contribution in [1.29, 1.82) is 5.26 Å². The number of rotatable bonds is 8. The van der Waals surface area contributed by atoms with E-state index in [1.165, 1.54) is 64.2 Å². The van der Waals surface area contributed by atoms with Gasteiger partial charge in [-0.1, -0.05) is 39.5 Å². The molecule has 0 aromatic heterocycles. The van der Waals surface area contributed by atoms with Gasteiger partial charge in [-0.05, 0) is 69.6 Å². The van der Waals surface area contributed by atoms with Crippen molar-refractivity contribution >= 4 is 0 Å². The molecule has 0 spiro atoms. The summed E-state index contributed by atoms with van der Waals surface area (Å²) in [6.07, 6.45) is 16.7. The molecule has 2 saturated carbocycles. The van der Waals surface area contributed by atoms with Crippen LogP contribution in [-0.2, 0) is 4.74 Å². The van der Waals surface area contributed by atoms with Crippen LogP contribution in [0, 0.1) is 28.6 Å². The highest BCUT2D eigenvalue weighted by Crippen LogP contribution is 2.42. The molecular weight excluding hydrogens is 282 g/mol. The van der Waals surface area contributed by atoms with Gasteiger partial charge in [-0.25, -0.2) is 0 Å². The third-order valence-electron chi connectivity index (χ3n) is 6.37. The molecule has 0 atom stereocenters. The zero-order valence-corrected chi connectivity index (χ0v) is 15.5. The molecule has 0 unspecified atom stereocenters. The van der Waals surface area contributed by atoms with Crippen molar-refractivity contribution in [2.75, 3.05) is 6.61 Å². The summed E-state index contributed by atoms with van der Waals surface area (Å²) in [5.41, 5.74) is -0.00920. The fraction of sp³-hybridized carbons (Fsp3) is 0.952. The van der Waals surface area contributed by atoms with E-state index in [0.29, 0.717) is 12.0 Å². The average molecular weight is 320 g/mol. The van der Waals surface area contributed by atoms with Crippen LogP contribution in [0.3, 0.4) is 0 Å². The van der Waals surface area contributed by atoms with Crippen molar-refractivity contribution in [2.45, 2.75) is 103 Å². The quantitative estimate of drug-likeness (QED) is 0.529. The summed E-state index contributed by atoms with van der Waals surface area (Å²) >= 11 is 0. The monoisotopic (exact) mass is 319 g/mol. The van der Waals surface area contributed by atoms with Crippen molar-refractivity contribution in [1.82, 2.24) is 0 Å². The van der Waals surface area contributed by atoms with Crippen LogP contribution < -0.4 is 0 Å². The molecule has 2 rings (SSSR count). The Hall–Kier alpha value is -0.550. The van der Waals surface area contributed by atoms with Gasteiger partial charge in [0.25, 0.3) is 0 Å². The van der Waals surface area contributed by atoms with Gasteiger partial charge >= 0.3 is 0 Å². The summed E-state index contributed by atoms with van der Waals surface area (Å²) in [7, 11) is 0. The molecule has 2 nitrogen and oxygen atoms in total. The van der Waals surface area contributed by atoms with Gasteiger partial charge in [-0.2, -0.15) is 5.26 Å². The second-order valence-electron chi connectivity index (χ2n) is 8.20. The Labute approximate surface area is 144 Å². The number of hydrogen-bond donors (Lipinski definition) is 0. The van der Waals surface area contributed by atoms with Crippen LogP contribution in [0.4, 0.5) is 0 Å². The summed E-state index contributed by atoms with van der Waals surface area (Å²) < 4.78 is 6.25. The van der Waals surface area contributed by atoms with E-state index < -0.39 is 0 Å². The molecule has 2 heteroatoms. The highest BCUT2D eigenvalue weighted by molar-refractivity contribution is 5.01. The highest BCUT2D eigenvalue weighted by Gasteiger charge is 2.35. The fourth-order valence-electron chi connectivity index (χ4n) is 4.60. The van der Waals surface area contributed by atoms with Crippen LogP contribution in [0.5, 0.6) is 0 Å². The third kappa shape index (κ3) is 5.79. The van der Waals surface area contributed by atoms with Crippen molar-refractivity contribution < 1.29 is 4.74 Å². The van der Waals surface area contributed by atoms with Gasteiger partial charge in [0.15, 0.2) is 0 Å². The molecule has 2 fully saturated rings. The normalized spacial score (nSPS) is 34.9. The maximum absolute atomic E-state index is 9.58. The van der Waals surface area contributed by atoms with Gasteiger partial charge in [-0.3, -0.25) is 0 Å². The van der Waals surface area contributed by atoms with Crippen LogP contribution >= 0.6 is 0 Å². The van der Waals surface area contributed by atoms with Gasteiger partial charge in [-0.15, -0.1) is 0 Å². The minimum Gasteiger partial charge on any atom is -0.378 e. The van der Waals surface area contributed by atoms with E-state index in [4.69, 9.17) is 4.74 Å². The van der Waals surface area contributed by atoms with E-state index in [9.17, 15) is 5.26 Å². The molecule has 0 radical (unpaired) electrons. The Balaban J connectivity index is 1.64. The Morgan fingerprint density at radius 2 is 1.65 bits per heavy atom. The van der Waals surface area contributed by atoms with Crippen molar-refractivity contribution in [3.63, 3.8) is 0 Å². The van der Waals surface area contributed by atoms with Crippen LogP contribution in [0.1, 0.15) is 97.3 Å². The summed E-state index contributed by atoms with van der Waals surface area (Å²) in [5, 5.41) is 9.58. The zero-order valence-electron chi connectivity index (χ0n) is 15.5. The van der Waals surface area contributed by atoms with Crippen LogP contribution in [0.2, 0.25) is 0 Å². The third-order valence-corrected chi connectivity index (χ3v) is 6.37. The lowest BCUT2D eigenvalue weighted by molar-refractivity contribution is -0.0133. The first-order chi connectivity index (χ1) is 11.2. The predicted molar refractivity (Wildman–Crippen MR) is 96.1 cm³/mol. The Kier molecular flexibility index (Phi) is 7.90. The molecule has 0 aromatic carbocycles. The summed E-state index contributed by atoms with van der Waals surface area (Å²) in [5.74, 6) is 1.66. The van der Waals surface area contributed by atoms with E-state index in [2.05, 4.69) is 19.9 Å². The van der Waals surface area contributed by atoms with Crippen LogP contribution in [0.15, 0.2) is 0 Å². The Morgan fingerprint density at radius 3 is 2.22 bits per heavy atom. The van der Waals surface area contributed by atoms with Gasteiger partial charge in [0.1, 0.15) is 0 Å². The molecule has 23 heavy (non-hydrogen) atoms. The largest absolute Gasteiger partial charge is 0.378 e. The van der Waals surface area contributed by atoms with Crippen LogP contribution in [0.25, 0.3) is 0 Å². The van der Waals surface area contributed by atoms with E-state index in [1.54, 1.807) is 0 Å². The van der Waals surface area contributed by atoms with Crippen molar-refractivity contribution in [3.05, 3.63) is 0 Å². The molecule has 0 amide bonds. The molecule has 0 aliphatic heterocycles. The Bertz CT molecular complexity index is 357. The lowest BCUT2D eigenvalue weighted by atomic mass is 9.69. The maximum Gasteiger partial charge on any atom is 0.0689 e. The first kappa shape index (κ1) is 18.8. The number of hydrogen-bond acceptors (Lipinski definition) is 2. The topological polar surface area (TPSA) is 33.0 Å². The molecule has 132 valence electrons. The van der Waals surface area contributed by atoms with E-state index >= 15 is 0 Å². The standard InChI is InChI=1S/C21H37NO/c1-3-5-13-21(17-22)14-11-19(12-15-21)16-23-20-9-7-18(6-4-2)8-10-20/h18-20H,3-16H2,1-2H3. The predicted octanol–water partition coefficient (Wildman–Crippen LogP) is 6.25. The fourth-order valence-corrected chi connectivity index (χ4v) is 4.60. The molecule has 2 aliphatic carbocycles. The first-order valence-corrected chi connectivity index (χ1v) is 10.2. The highest BCUT2D eigenvalue weighted by atomic mass is 16.5. The van der Waals surface area contributed by atoms with Gasteiger partial charge < -0.3 is 4.74 Å². The molecule has 0 heterocycles. The molecular formula is C21H37NO. The first-order valence-electron chi connectivity index (χ1n) is 10.2. The molecule has 0 bridgehead atoms. The lowest BCUT2D eigenvalue weighted by Crippen LogP contribution is -2.30. The van der Waals surface area contributed by atoms with E-state index in [-0.39, 0.29) is 5.41 Å². The summed E-state index contributed by atoms with van der Waals surface area (Å²) in [4.78, 5) is 0. The maximum atomic E-state index is 9.58. The van der Waals surface area contributed by atoms with Gasteiger partial charge in [0, 0.05) is 6.61 Å². The second kappa shape index (κ2) is 9.67. The smallest absolute Gasteiger partial charge is 0.0689 e. The number of ether oxygens (including phenoxy) is 1. The summed E-state index contributed by atoms with van der Waals surface area (Å²) in [6, 6.07) is 2.65. The minimum atomic E-state index is -0.00920. The molecule has 0 aromatic rings. The molecule has 0 saturated heterocycles. The molecule has 2 aliphatic rings. The number of nitrogens with zero attached hydrogens (tertiary/aromatic N) is 1. The van der Waals surface area contributed by atoms with Crippen molar-refractivity contribution in [2.24, 2.45) is 17.3 Å². The van der Waals surface area contributed by atoms with Crippen LogP contribution in [-0.4, -0.2) is 12.7 Å². The zero-order chi connectivity index (χ0) is 16.5. The van der Waals surface area contributed by atoms with Gasteiger partial charge in [0.2, 0.25) is 0 Å². The summed E-state index contributed by atoms with van der Waals surface area (Å²) in [6.45, 7) is 5.46. The van der Waals surface area contributed by atoms with Gasteiger partial charge in [0.05, 0.1) is 17.6 Å². The second-order valence-corrected chi connectivity index (χ2v) is 8.20. The SMILES string of the molecule is CCCCC1(C#N)CCC(COC2CCC(CCC)CC2)CC1. The van der Waals surface area contributed by atoms with E-state index in [1.807, 2.05) is 0 Å². The number of nitriles is 1. The molecule has 0 N–H and O–H groups in total. The Morgan fingerprint density at radius 1 is 0.957 bits per heavy atom. The van der Waals surface area contributed by atoms with Crippen molar-refractivity contribution in [3.8, 4) is 6.07 Å². The average Bonchev–Trinajstić information content (AvgIpc) is 2.61. The lowest BCUT2D eigenvalue weighted by Gasteiger charge is -2.36.